The van der Waals surface area contributed by atoms with Crippen LogP contribution in [0.3, 0.4) is 0 Å². The molecule has 1 aliphatic heterocycles. The minimum Gasteiger partial charge on any atom is -0.314 e. The summed E-state index contributed by atoms with van der Waals surface area (Å²) in [7, 11) is 2.25. The van der Waals surface area contributed by atoms with E-state index in [4.69, 9.17) is 11.6 Å². The molecule has 20 heavy (non-hydrogen) atoms. The van der Waals surface area contributed by atoms with Crippen LogP contribution in [0.1, 0.15) is 37.3 Å². The number of likely N-dealkylation sites (tertiary alicyclic amines) is 1. The Morgan fingerprint density at radius 3 is 2.85 bits per heavy atom. The molecule has 0 amide bonds. The van der Waals surface area contributed by atoms with Gasteiger partial charge >= 0.3 is 0 Å². The lowest BCUT2D eigenvalue weighted by molar-refractivity contribution is 0.119. The molecule has 2 fully saturated rings. The Balaban J connectivity index is 1.80. The highest BCUT2D eigenvalue weighted by Crippen LogP contribution is 2.39. The van der Waals surface area contributed by atoms with Gasteiger partial charge in [-0.05, 0) is 62.9 Å². The van der Waals surface area contributed by atoms with Crippen molar-refractivity contribution in [3.05, 3.63) is 33.3 Å². The topological polar surface area (TPSA) is 15.3 Å². The standard InChI is InChI=1S/C16H22BrClN2/c1-20-8-2-3-11(10-19-13-5-6-13)16(20)14-7-4-12(18)9-15(14)17/h4,7,9,11,13,16,19H,2-3,5-6,8,10H2,1H3. The highest BCUT2D eigenvalue weighted by Gasteiger charge is 2.33. The van der Waals surface area contributed by atoms with Gasteiger partial charge in [-0.25, -0.2) is 0 Å². The predicted molar refractivity (Wildman–Crippen MR) is 88.3 cm³/mol. The van der Waals surface area contributed by atoms with Crippen LogP contribution in [0.25, 0.3) is 0 Å². The maximum atomic E-state index is 6.08. The van der Waals surface area contributed by atoms with Crippen LogP contribution in [0.15, 0.2) is 22.7 Å². The van der Waals surface area contributed by atoms with Gasteiger partial charge in [0.15, 0.2) is 0 Å². The highest BCUT2D eigenvalue weighted by atomic mass is 79.9. The Morgan fingerprint density at radius 1 is 1.35 bits per heavy atom. The minimum atomic E-state index is 0.488. The van der Waals surface area contributed by atoms with Gasteiger partial charge in [-0.2, -0.15) is 0 Å². The predicted octanol–water partition coefficient (Wildman–Crippen LogP) is 4.24. The van der Waals surface area contributed by atoms with Gasteiger partial charge in [-0.15, -0.1) is 0 Å². The van der Waals surface area contributed by atoms with Gasteiger partial charge in [-0.3, -0.25) is 4.90 Å². The number of halogens is 2. The summed E-state index contributed by atoms with van der Waals surface area (Å²) in [5.74, 6) is 0.687. The molecule has 1 N–H and O–H groups in total. The van der Waals surface area contributed by atoms with E-state index in [2.05, 4.69) is 39.3 Å². The molecule has 3 rings (SSSR count). The molecular weight excluding hydrogens is 336 g/mol. The van der Waals surface area contributed by atoms with Crippen molar-refractivity contribution in [2.45, 2.75) is 37.8 Å². The number of nitrogens with one attached hydrogen (secondary N) is 1. The van der Waals surface area contributed by atoms with Gasteiger partial charge in [0.05, 0.1) is 0 Å². The summed E-state index contributed by atoms with van der Waals surface area (Å²) in [5.41, 5.74) is 1.37. The fraction of sp³-hybridized carbons (Fsp3) is 0.625. The molecule has 2 aliphatic rings. The summed E-state index contributed by atoms with van der Waals surface area (Å²) in [4.78, 5) is 2.50. The zero-order valence-electron chi connectivity index (χ0n) is 11.9. The van der Waals surface area contributed by atoms with Crippen LogP contribution >= 0.6 is 27.5 Å². The maximum absolute atomic E-state index is 6.08. The summed E-state index contributed by atoms with van der Waals surface area (Å²) in [6, 6.07) is 7.49. The second-order valence-corrected chi connectivity index (χ2v) is 7.47. The van der Waals surface area contributed by atoms with Crippen LogP contribution in [-0.2, 0) is 0 Å². The normalized spacial score (nSPS) is 27.8. The molecule has 2 atom stereocenters. The van der Waals surface area contributed by atoms with E-state index in [9.17, 15) is 0 Å². The van der Waals surface area contributed by atoms with Crippen molar-refractivity contribution in [3.8, 4) is 0 Å². The lowest BCUT2D eigenvalue weighted by Crippen LogP contribution is -2.41. The van der Waals surface area contributed by atoms with Crippen LogP contribution in [0.2, 0.25) is 5.02 Å². The van der Waals surface area contributed by atoms with E-state index < -0.39 is 0 Å². The first-order chi connectivity index (χ1) is 9.65. The zero-order chi connectivity index (χ0) is 14.1. The molecule has 0 spiro atoms. The average molecular weight is 358 g/mol. The summed E-state index contributed by atoms with van der Waals surface area (Å²) in [5, 5.41) is 4.51. The molecule has 4 heteroatoms. The van der Waals surface area contributed by atoms with E-state index in [1.54, 1.807) is 0 Å². The lowest BCUT2D eigenvalue weighted by Gasteiger charge is -2.40. The van der Waals surface area contributed by atoms with Crippen LogP contribution in [0.4, 0.5) is 0 Å². The van der Waals surface area contributed by atoms with Gasteiger partial charge < -0.3 is 5.32 Å². The number of hydrogen-bond acceptors (Lipinski definition) is 2. The van der Waals surface area contributed by atoms with Crippen molar-refractivity contribution in [1.82, 2.24) is 10.2 Å². The molecule has 1 aliphatic carbocycles. The molecule has 1 saturated carbocycles. The van der Waals surface area contributed by atoms with E-state index >= 15 is 0 Å². The largest absolute Gasteiger partial charge is 0.314 e. The van der Waals surface area contributed by atoms with Crippen molar-refractivity contribution >= 4 is 27.5 Å². The summed E-state index contributed by atoms with van der Waals surface area (Å²) in [6.07, 6.45) is 5.33. The van der Waals surface area contributed by atoms with E-state index in [1.165, 1.54) is 37.8 Å². The number of rotatable bonds is 4. The minimum absolute atomic E-state index is 0.488. The first-order valence-corrected chi connectivity index (χ1v) is 8.71. The quantitative estimate of drug-likeness (QED) is 0.867. The van der Waals surface area contributed by atoms with Crippen LogP contribution in [0, 0.1) is 5.92 Å². The lowest BCUT2D eigenvalue weighted by atomic mass is 9.85. The molecule has 0 aromatic heterocycles. The molecule has 1 aromatic carbocycles. The second-order valence-electron chi connectivity index (χ2n) is 6.18. The molecule has 0 radical (unpaired) electrons. The molecule has 0 bridgehead atoms. The third-order valence-corrected chi connectivity index (χ3v) is 5.46. The molecular formula is C16H22BrClN2. The van der Waals surface area contributed by atoms with Crippen LogP contribution < -0.4 is 5.32 Å². The number of nitrogens with zero attached hydrogens (tertiary/aromatic N) is 1. The molecule has 1 saturated heterocycles. The molecule has 1 heterocycles. The number of hydrogen-bond donors (Lipinski definition) is 1. The highest BCUT2D eigenvalue weighted by molar-refractivity contribution is 9.10. The summed E-state index contributed by atoms with van der Waals surface area (Å²) < 4.78 is 1.14. The smallest absolute Gasteiger partial charge is 0.0417 e. The van der Waals surface area contributed by atoms with Gasteiger partial charge in [0, 0.05) is 28.1 Å². The monoisotopic (exact) mass is 356 g/mol. The Labute approximate surface area is 135 Å². The van der Waals surface area contributed by atoms with E-state index in [0.29, 0.717) is 12.0 Å². The second kappa shape index (κ2) is 6.35. The van der Waals surface area contributed by atoms with Gasteiger partial charge in [-0.1, -0.05) is 33.6 Å². The fourth-order valence-electron chi connectivity index (χ4n) is 3.31. The number of benzene rings is 1. The van der Waals surface area contributed by atoms with E-state index in [1.807, 2.05) is 12.1 Å². The first-order valence-electron chi connectivity index (χ1n) is 7.53. The van der Waals surface area contributed by atoms with E-state index in [-0.39, 0.29) is 0 Å². The van der Waals surface area contributed by atoms with Gasteiger partial charge in [0.2, 0.25) is 0 Å². The van der Waals surface area contributed by atoms with E-state index in [0.717, 1.165) is 22.1 Å². The van der Waals surface area contributed by atoms with Crippen LogP contribution in [0.5, 0.6) is 0 Å². The van der Waals surface area contributed by atoms with Crippen molar-refractivity contribution in [3.63, 3.8) is 0 Å². The zero-order valence-corrected chi connectivity index (χ0v) is 14.3. The Kier molecular flexibility index (Phi) is 4.71. The molecule has 1 aromatic rings. The van der Waals surface area contributed by atoms with Crippen molar-refractivity contribution < 1.29 is 0 Å². The fourth-order valence-corrected chi connectivity index (χ4v) is 4.23. The Morgan fingerprint density at radius 2 is 2.15 bits per heavy atom. The van der Waals surface area contributed by atoms with Crippen molar-refractivity contribution in [2.24, 2.45) is 5.92 Å². The average Bonchev–Trinajstić information content (AvgIpc) is 3.22. The summed E-state index contributed by atoms with van der Waals surface area (Å²) >= 11 is 9.78. The Hall–Kier alpha value is -0.0900. The van der Waals surface area contributed by atoms with Gasteiger partial charge in [0.25, 0.3) is 0 Å². The van der Waals surface area contributed by atoms with Crippen LogP contribution in [-0.4, -0.2) is 31.1 Å². The summed E-state index contributed by atoms with van der Waals surface area (Å²) in [6.45, 7) is 2.31. The molecule has 2 nitrogen and oxygen atoms in total. The third-order valence-electron chi connectivity index (χ3n) is 4.53. The SMILES string of the molecule is CN1CCCC(CNC2CC2)C1c1ccc(Cl)cc1Br. The van der Waals surface area contributed by atoms with Crippen molar-refractivity contribution in [2.75, 3.05) is 20.1 Å². The van der Waals surface area contributed by atoms with Crippen molar-refractivity contribution in [1.29, 1.82) is 0 Å². The third kappa shape index (κ3) is 3.38. The molecule has 2 unspecified atom stereocenters. The Bertz CT molecular complexity index is 476. The maximum Gasteiger partial charge on any atom is 0.0417 e. The van der Waals surface area contributed by atoms with Gasteiger partial charge in [0.1, 0.15) is 0 Å². The number of piperidine rings is 1. The first kappa shape index (κ1) is 14.8. The molecule has 110 valence electrons.